The van der Waals surface area contributed by atoms with Crippen LogP contribution in [-0.4, -0.2) is 25.5 Å². The van der Waals surface area contributed by atoms with Crippen LogP contribution in [0.1, 0.15) is 21.7 Å². The minimum Gasteiger partial charge on any atom is -0.285 e. The highest BCUT2D eigenvalue weighted by atomic mass is 16.1. The molecule has 1 aliphatic rings. The summed E-state index contributed by atoms with van der Waals surface area (Å²) in [6, 6.07) is 5.42. The molecule has 0 atom stereocenters. The molecule has 1 aromatic carbocycles. The van der Waals surface area contributed by atoms with Crippen molar-refractivity contribution in [1.29, 1.82) is 0 Å². The van der Waals surface area contributed by atoms with Crippen molar-refractivity contribution >= 4 is 16.8 Å². The number of fused-ring (bicyclic) bond motifs is 4. The van der Waals surface area contributed by atoms with Gasteiger partial charge in [0.15, 0.2) is 11.5 Å². The monoisotopic (exact) mass is 252 g/mol. The molecule has 0 amide bonds. The predicted molar refractivity (Wildman–Crippen MR) is 67.7 cm³/mol. The van der Waals surface area contributed by atoms with Crippen molar-refractivity contribution in [3.05, 3.63) is 51.7 Å². The summed E-state index contributed by atoms with van der Waals surface area (Å²) in [7, 11) is 0. The van der Waals surface area contributed by atoms with Crippen LogP contribution in [0.2, 0.25) is 0 Å². The average molecular weight is 252 g/mol. The zero-order valence-corrected chi connectivity index (χ0v) is 9.97. The summed E-state index contributed by atoms with van der Waals surface area (Å²) in [5.74, 6) is -0.0883. The molecule has 0 radical (unpaired) electrons. The molecule has 6 heteroatoms. The number of aryl methyl sites for hydroxylation is 1. The van der Waals surface area contributed by atoms with E-state index in [0.717, 1.165) is 5.56 Å². The molecule has 0 bridgehead atoms. The minimum atomic E-state index is -0.273. The fourth-order valence-corrected chi connectivity index (χ4v) is 2.42. The lowest BCUT2D eigenvalue weighted by Crippen LogP contribution is -2.20. The van der Waals surface area contributed by atoms with Crippen LogP contribution in [0.4, 0.5) is 0 Å². The average Bonchev–Trinajstić information content (AvgIpc) is 2.96. The SMILES string of the molecule is Cc1ccc2c(c1)C(=O)c1nc3[nH]ncc3c(=O)n1-2. The Balaban J connectivity index is 2.21. The van der Waals surface area contributed by atoms with E-state index in [1.807, 2.05) is 13.0 Å². The molecule has 2 aromatic heterocycles. The molecule has 92 valence electrons. The third kappa shape index (κ3) is 1.15. The van der Waals surface area contributed by atoms with Gasteiger partial charge in [0.1, 0.15) is 5.39 Å². The molecule has 4 rings (SSSR count). The van der Waals surface area contributed by atoms with E-state index in [9.17, 15) is 9.59 Å². The van der Waals surface area contributed by atoms with E-state index in [0.29, 0.717) is 22.3 Å². The Labute approximate surface area is 106 Å². The van der Waals surface area contributed by atoms with E-state index < -0.39 is 0 Å². The van der Waals surface area contributed by atoms with Crippen molar-refractivity contribution < 1.29 is 4.79 Å². The van der Waals surface area contributed by atoms with Crippen molar-refractivity contribution in [2.75, 3.05) is 0 Å². The number of carbonyl (C=O) groups is 1. The van der Waals surface area contributed by atoms with Crippen LogP contribution in [0.25, 0.3) is 16.7 Å². The standard InChI is InChI=1S/C13H8N4O2/c1-6-2-3-9-7(4-6)10(18)12-15-11-8(5-14-16-11)13(19)17(9)12/h2-5H,1H3,(H,14,16). The predicted octanol–water partition coefficient (Wildman–Crippen LogP) is 0.962. The highest BCUT2D eigenvalue weighted by Gasteiger charge is 2.30. The van der Waals surface area contributed by atoms with Gasteiger partial charge in [0.25, 0.3) is 5.56 Å². The summed E-state index contributed by atoms with van der Waals surface area (Å²) >= 11 is 0. The third-order valence-electron chi connectivity index (χ3n) is 3.32. The van der Waals surface area contributed by atoms with Gasteiger partial charge in [0.05, 0.1) is 17.4 Å². The fourth-order valence-electron chi connectivity index (χ4n) is 2.42. The van der Waals surface area contributed by atoms with Gasteiger partial charge in [-0.05, 0) is 19.1 Å². The molecule has 3 heterocycles. The maximum atomic E-state index is 12.4. The summed E-state index contributed by atoms with van der Waals surface area (Å²) < 4.78 is 1.36. The van der Waals surface area contributed by atoms with Crippen LogP contribution < -0.4 is 5.56 Å². The second-order valence-electron chi connectivity index (χ2n) is 4.56. The van der Waals surface area contributed by atoms with E-state index in [1.54, 1.807) is 12.1 Å². The van der Waals surface area contributed by atoms with E-state index >= 15 is 0 Å². The lowest BCUT2D eigenvalue weighted by atomic mass is 10.1. The number of carbonyl (C=O) groups excluding carboxylic acids is 1. The van der Waals surface area contributed by atoms with Crippen LogP contribution in [0, 0.1) is 6.92 Å². The molecule has 0 saturated heterocycles. The molecule has 3 aromatic rings. The number of ketones is 1. The number of hydrogen-bond donors (Lipinski definition) is 1. The quantitative estimate of drug-likeness (QED) is 0.505. The van der Waals surface area contributed by atoms with Crippen molar-refractivity contribution in [3.63, 3.8) is 0 Å². The zero-order chi connectivity index (χ0) is 13.1. The normalized spacial score (nSPS) is 12.8. The number of aromatic nitrogens is 4. The molecule has 0 spiro atoms. The Morgan fingerprint density at radius 1 is 1.26 bits per heavy atom. The van der Waals surface area contributed by atoms with Gasteiger partial charge in [-0.1, -0.05) is 11.6 Å². The first-order valence-electron chi connectivity index (χ1n) is 5.78. The van der Waals surface area contributed by atoms with Crippen molar-refractivity contribution in [3.8, 4) is 5.69 Å². The van der Waals surface area contributed by atoms with Crippen LogP contribution >= 0.6 is 0 Å². The molecule has 0 aliphatic carbocycles. The van der Waals surface area contributed by atoms with Gasteiger partial charge in [-0.2, -0.15) is 5.10 Å². The molecule has 0 saturated carbocycles. The van der Waals surface area contributed by atoms with Gasteiger partial charge >= 0.3 is 0 Å². The van der Waals surface area contributed by atoms with Crippen molar-refractivity contribution in [1.82, 2.24) is 19.7 Å². The second kappa shape index (κ2) is 3.17. The maximum Gasteiger partial charge on any atom is 0.269 e. The number of nitrogens with zero attached hydrogens (tertiary/aromatic N) is 3. The van der Waals surface area contributed by atoms with E-state index in [2.05, 4.69) is 15.2 Å². The second-order valence-corrected chi connectivity index (χ2v) is 4.56. The van der Waals surface area contributed by atoms with E-state index in [-0.39, 0.29) is 17.2 Å². The first-order valence-corrected chi connectivity index (χ1v) is 5.78. The Kier molecular flexibility index (Phi) is 1.70. The van der Waals surface area contributed by atoms with E-state index in [4.69, 9.17) is 0 Å². The smallest absolute Gasteiger partial charge is 0.269 e. The number of benzene rings is 1. The molecule has 0 unspecified atom stereocenters. The summed E-state index contributed by atoms with van der Waals surface area (Å²) in [5.41, 5.74) is 2.15. The van der Waals surface area contributed by atoms with Gasteiger partial charge in [-0.15, -0.1) is 0 Å². The van der Waals surface area contributed by atoms with Crippen LogP contribution in [-0.2, 0) is 0 Å². The Morgan fingerprint density at radius 2 is 2.11 bits per heavy atom. The van der Waals surface area contributed by atoms with E-state index in [1.165, 1.54) is 10.8 Å². The molecule has 1 aliphatic heterocycles. The first-order chi connectivity index (χ1) is 9.16. The number of hydrogen-bond acceptors (Lipinski definition) is 4. The topological polar surface area (TPSA) is 80.6 Å². The lowest BCUT2D eigenvalue weighted by Gasteiger charge is -2.03. The lowest BCUT2D eigenvalue weighted by molar-refractivity contribution is 0.103. The van der Waals surface area contributed by atoms with Crippen LogP contribution in [0.3, 0.4) is 0 Å². The summed E-state index contributed by atoms with van der Waals surface area (Å²) in [6.45, 7) is 1.90. The largest absolute Gasteiger partial charge is 0.285 e. The number of rotatable bonds is 0. The van der Waals surface area contributed by atoms with Gasteiger partial charge in [-0.3, -0.25) is 19.3 Å². The van der Waals surface area contributed by atoms with Crippen molar-refractivity contribution in [2.45, 2.75) is 6.92 Å². The summed E-state index contributed by atoms with van der Waals surface area (Å²) in [4.78, 5) is 28.9. The van der Waals surface area contributed by atoms with Crippen LogP contribution in [0.5, 0.6) is 0 Å². The highest BCUT2D eigenvalue weighted by molar-refractivity contribution is 6.13. The van der Waals surface area contributed by atoms with Gasteiger partial charge in [0.2, 0.25) is 5.78 Å². The van der Waals surface area contributed by atoms with Gasteiger partial charge in [0, 0.05) is 0 Å². The summed E-state index contributed by atoms with van der Waals surface area (Å²) in [5, 5.41) is 6.79. The molecule has 1 N–H and O–H groups in total. The molecule has 0 fully saturated rings. The number of aromatic amines is 1. The molecular formula is C13H8N4O2. The highest BCUT2D eigenvalue weighted by Crippen LogP contribution is 2.26. The molecule has 19 heavy (non-hydrogen) atoms. The number of nitrogens with one attached hydrogen (secondary N) is 1. The summed E-state index contributed by atoms with van der Waals surface area (Å²) in [6.07, 6.45) is 1.43. The van der Waals surface area contributed by atoms with Crippen LogP contribution in [0.15, 0.2) is 29.2 Å². The zero-order valence-electron chi connectivity index (χ0n) is 9.97. The Morgan fingerprint density at radius 3 is 2.95 bits per heavy atom. The maximum absolute atomic E-state index is 12.4. The Hall–Kier alpha value is -2.76. The van der Waals surface area contributed by atoms with Gasteiger partial charge < -0.3 is 0 Å². The Bertz CT molecular complexity index is 920. The van der Waals surface area contributed by atoms with Gasteiger partial charge in [-0.25, -0.2) is 4.98 Å². The fraction of sp³-hybridized carbons (Fsp3) is 0.0769. The minimum absolute atomic E-state index is 0.141. The molecule has 6 nitrogen and oxygen atoms in total. The third-order valence-corrected chi connectivity index (χ3v) is 3.32. The number of H-pyrrole nitrogens is 1. The van der Waals surface area contributed by atoms with Crippen molar-refractivity contribution in [2.24, 2.45) is 0 Å². The molecular weight excluding hydrogens is 244 g/mol. The first kappa shape index (κ1) is 10.2.